The van der Waals surface area contributed by atoms with Gasteiger partial charge in [-0.05, 0) is 6.92 Å². The first-order chi connectivity index (χ1) is 4.79. The summed E-state index contributed by atoms with van der Waals surface area (Å²) < 4.78 is 4.95. The number of hydrogen-bond donors (Lipinski definition) is 1. The van der Waals surface area contributed by atoms with Gasteiger partial charge < -0.3 is 9.84 Å². The van der Waals surface area contributed by atoms with Gasteiger partial charge in [-0.25, -0.2) is 0 Å². The average Bonchev–Trinajstić information content (AvgIpc) is 1.91. The van der Waals surface area contributed by atoms with Gasteiger partial charge in [0.05, 0.1) is 6.10 Å². The minimum atomic E-state index is -0.574. The third kappa shape index (κ3) is 3.43. The summed E-state index contributed by atoms with van der Waals surface area (Å²) in [4.78, 5) is 0. The lowest BCUT2D eigenvalue weighted by molar-refractivity contribution is -0.120. The minimum Gasteiger partial charge on any atom is -0.368 e. The fourth-order valence-electron chi connectivity index (χ4n) is 0.735. The van der Waals surface area contributed by atoms with Gasteiger partial charge in [-0.15, -0.1) is 13.2 Å². The molecule has 60 valence electrons. The van der Waals surface area contributed by atoms with E-state index < -0.39 is 6.29 Å². The van der Waals surface area contributed by atoms with E-state index in [1.165, 1.54) is 0 Å². The van der Waals surface area contributed by atoms with E-state index in [0.29, 0.717) is 6.42 Å². The van der Waals surface area contributed by atoms with E-state index >= 15 is 0 Å². The minimum absolute atomic E-state index is 0. The lowest BCUT2D eigenvalue weighted by Crippen LogP contribution is -2.20. The van der Waals surface area contributed by atoms with Crippen molar-refractivity contribution in [2.24, 2.45) is 0 Å². The van der Waals surface area contributed by atoms with Crippen LogP contribution in [0.15, 0.2) is 25.3 Å². The summed E-state index contributed by atoms with van der Waals surface area (Å²) in [5.41, 5.74) is 0. The predicted molar refractivity (Wildman–Crippen MR) is 43.7 cm³/mol. The van der Waals surface area contributed by atoms with Crippen molar-refractivity contribution in [1.82, 2.24) is 0 Å². The Morgan fingerprint density at radius 3 is 2.60 bits per heavy atom. The fourth-order valence-corrected chi connectivity index (χ4v) is 0.735. The molecule has 0 aromatic heterocycles. The Kier molecular flexibility index (Phi) is 4.89. The molecule has 1 N–H and O–H groups in total. The highest BCUT2D eigenvalue weighted by Gasteiger charge is 2.09. The zero-order valence-electron chi connectivity index (χ0n) is 6.29. The molecule has 10 heavy (non-hydrogen) atoms. The van der Waals surface area contributed by atoms with Gasteiger partial charge in [0.2, 0.25) is 0 Å². The number of ether oxygens (including phenoxy) is 1. The van der Waals surface area contributed by atoms with Crippen LogP contribution in [0.2, 0.25) is 0 Å². The van der Waals surface area contributed by atoms with E-state index in [1.807, 2.05) is 19.1 Å². The zero-order chi connectivity index (χ0) is 7.98. The van der Waals surface area contributed by atoms with Gasteiger partial charge in [-0.1, -0.05) is 12.2 Å². The summed E-state index contributed by atoms with van der Waals surface area (Å²) >= 11 is 0. The normalized spacial score (nSPS) is 30.6. The third-order valence-corrected chi connectivity index (χ3v) is 1.12. The molecule has 0 aromatic carbocycles. The van der Waals surface area contributed by atoms with Gasteiger partial charge in [0, 0.05) is 7.85 Å². The smallest absolute Gasteiger partial charge is 0.158 e. The molecule has 0 aliphatic carbocycles. The maximum Gasteiger partial charge on any atom is 0.158 e. The van der Waals surface area contributed by atoms with Gasteiger partial charge in [-0.2, -0.15) is 0 Å². The van der Waals surface area contributed by atoms with Crippen molar-refractivity contribution in [2.75, 3.05) is 0 Å². The molecule has 0 saturated carbocycles. The summed E-state index contributed by atoms with van der Waals surface area (Å²) in [6, 6.07) is 0. The molecule has 0 fully saturated rings. The molecule has 1 heterocycles. The second-order valence-corrected chi connectivity index (χ2v) is 1.96. The molecule has 0 bridgehead atoms. The number of rotatable bonds is 0. The van der Waals surface area contributed by atoms with Crippen LogP contribution < -0.4 is 0 Å². The topological polar surface area (TPSA) is 29.5 Å². The Labute approximate surface area is 63.3 Å². The molecular formula is C8H16O2. The molecule has 2 atom stereocenters. The Morgan fingerprint density at radius 1 is 1.70 bits per heavy atom. The Bertz CT molecular complexity index is 115. The first-order valence-electron chi connectivity index (χ1n) is 3.29. The molecule has 0 amide bonds. The molecular weight excluding hydrogens is 128 g/mol. The van der Waals surface area contributed by atoms with Crippen LogP contribution in [0.4, 0.5) is 0 Å². The van der Waals surface area contributed by atoms with Gasteiger partial charge in [-0.3, -0.25) is 0 Å². The number of hydrogen-bond acceptors (Lipinski definition) is 2. The van der Waals surface area contributed by atoms with E-state index in [4.69, 9.17) is 9.84 Å². The summed E-state index contributed by atoms with van der Waals surface area (Å²) in [6.07, 6.45) is 4.00. The van der Waals surface area contributed by atoms with Gasteiger partial charge >= 0.3 is 0 Å². The van der Waals surface area contributed by atoms with Crippen LogP contribution in [0.25, 0.3) is 0 Å². The standard InChI is InChI=1S/C6H10O2.C2H4.H2/c1-5-3-2-4-6(7)8-5;1-2;/h2-3,5-7H,4H2,1H3;1-2H2;1H/t5-,6?;;/m1../s1. The average molecular weight is 144 g/mol. The van der Waals surface area contributed by atoms with Gasteiger partial charge in [0.1, 0.15) is 0 Å². The lowest BCUT2D eigenvalue weighted by atomic mass is 10.2. The van der Waals surface area contributed by atoms with Crippen molar-refractivity contribution in [3.8, 4) is 0 Å². The van der Waals surface area contributed by atoms with Gasteiger partial charge in [0.25, 0.3) is 0 Å². The highest BCUT2D eigenvalue weighted by atomic mass is 16.6. The maximum absolute atomic E-state index is 8.81. The van der Waals surface area contributed by atoms with E-state index in [1.54, 1.807) is 0 Å². The molecule has 1 unspecified atom stereocenters. The monoisotopic (exact) mass is 144 g/mol. The zero-order valence-corrected chi connectivity index (χ0v) is 6.29. The van der Waals surface area contributed by atoms with Crippen LogP contribution in [0.3, 0.4) is 0 Å². The molecule has 2 nitrogen and oxygen atoms in total. The molecule has 0 radical (unpaired) electrons. The van der Waals surface area contributed by atoms with Crippen molar-refractivity contribution < 1.29 is 11.3 Å². The van der Waals surface area contributed by atoms with Crippen LogP contribution in [0.5, 0.6) is 0 Å². The SMILES string of the molecule is C=C.C[C@@H]1C=CCC(O)O1.[HH]. The number of aliphatic hydroxyl groups is 1. The molecule has 1 aliphatic rings. The summed E-state index contributed by atoms with van der Waals surface area (Å²) in [6.45, 7) is 7.90. The van der Waals surface area contributed by atoms with Crippen LogP contribution in [-0.4, -0.2) is 17.5 Å². The van der Waals surface area contributed by atoms with Crippen LogP contribution >= 0.6 is 0 Å². The summed E-state index contributed by atoms with van der Waals surface area (Å²) in [5, 5.41) is 8.81. The van der Waals surface area contributed by atoms with E-state index in [9.17, 15) is 0 Å². The molecule has 0 aromatic rings. The van der Waals surface area contributed by atoms with Crippen LogP contribution in [-0.2, 0) is 4.74 Å². The van der Waals surface area contributed by atoms with Crippen LogP contribution in [0.1, 0.15) is 14.8 Å². The van der Waals surface area contributed by atoms with E-state index in [0.717, 1.165) is 0 Å². The molecule has 2 heteroatoms. The number of aliphatic hydroxyl groups excluding tert-OH is 1. The highest BCUT2D eigenvalue weighted by molar-refractivity contribution is 4.91. The maximum atomic E-state index is 8.81. The second-order valence-electron chi connectivity index (χ2n) is 1.96. The van der Waals surface area contributed by atoms with Crippen molar-refractivity contribution in [3.63, 3.8) is 0 Å². The highest BCUT2D eigenvalue weighted by Crippen LogP contribution is 2.07. The van der Waals surface area contributed by atoms with Crippen molar-refractivity contribution in [1.29, 1.82) is 0 Å². The second kappa shape index (κ2) is 5.21. The third-order valence-electron chi connectivity index (χ3n) is 1.12. The van der Waals surface area contributed by atoms with E-state index in [2.05, 4.69) is 13.2 Å². The van der Waals surface area contributed by atoms with Gasteiger partial charge in [0.15, 0.2) is 6.29 Å². The van der Waals surface area contributed by atoms with Crippen LogP contribution in [0, 0.1) is 0 Å². The quantitative estimate of drug-likeness (QED) is 0.524. The first kappa shape index (κ1) is 9.40. The Morgan fingerprint density at radius 2 is 2.30 bits per heavy atom. The summed E-state index contributed by atoms with van der Waals surface area (Å²) in [5.74, 6) is 0. The van der Waals surface area contributed by atoms with Crippen molar-refractivity contribution >= 4 is 0 Å². The molecule has 0 saturated heterocycles. The van der Waals surface area contributed by atoms with E-state index in [-0.39, 0.29) is 7.53 Å². The van der Waals surface area contributed by atoms with Crippen molar-refractivity contribution in [3.05, 3.63) is 25.3 Å². The fraction of sp³-hybridized carbons (Fsp3) is 0.500. The molecule has 1 rings (SSSR count). The molecule has 0 spiro atoms. The lowest BCUT2D eigenvalue weighted by Gasteiger charge is -2.17. The Hall–Kier alpha value is -0.600. The Balaban J connectivity index is 0. The molecule has 1 aliphatic heterocycles. The first-order valence-corrected chi connectivity index (χ1v) is 3.29. The predicted octanol–water partition coefficient (Wildman–Crippen LogP) is 1.72. The largest absolute Gasteiger partial charge is 0.368 e. The summed E-state index contributed by atoms with van der Waals surface area (Å²) in [7, 11) is 0. The van der Waals surface area contributed by atoms with Crippen molar-refractivity contribution in [2.45, 2.75) is 25.7 Å².